The van der Waals surface area contributed by atoms with Crippen LogP contribution in [0.25, 0.3) is 11.1 Å². The second-order valence-corrected chi connectivity index (χ2v) is 9.10. The summed E-state index contributed by atoms with van der Waals surface area (Å²) in [7, 11) is 1.56. The van der Waals surface area contributed by atoms with Crippen LogP contribution in [0.5, 0.6) is 0 Å². The van der Waals surface area contributed by atoms with E-state index in [0.29, 0.717) is 19.4 Å². The molecule has 1 atom stereocenters. The molecular formula is C27H34N2O6. The number of aliphatic carboxylic acids is 1. The van der Waals surface area contributed by atoms with Gasteiger partial charge in [0.2, 0.25) is 5.91 Å². The summed E-state index contributed by atoms with van der Waals surface area (Å²) in [5.41, 5.74) is 3.01. The number of hydrogen-bond donors (Lipinski definition) is 2. The average molecular weight is 483 g/mol. The van der Waals surface area contributed by atoms with Crippen LogP contribution in [-0.4, -0.2) is 66.4 Å². The lowest BCUT2D eigenvalue weighted by Gasteiger charge is -2.36. The van der Waals surface area contributed by atoms with E-state index in [4.69, 9.17) is 9.47 Å². The Bertz CT molecular complexity index is 1020. The fourth-order valence-corrected chi connectivity index (χ4v) is 4.60. The Morgan fingerprint density at radius 3 is 2.14 bits per heavy atom. The molecule has 2 aromatic carbocycles. The van der Waals surface area contributed by atoms with Crippen molar-refractivity contribution >= 4 is 18.0 Å². The van der Waals surface area contributed by atoms with E-state index in [-0.39, 0.29) is 19.1 Å². The fraction of sp³-hybridized carbons (Fsp3) is 0.444. The smallest absolute Gasteiger partial charge is 0.407 e. The largest absolute Gasteiger partial charge is 0.480 e. The van der Waals surface area contributed by atoms with E-state index >= 15 is 0 Å². The summed E-state index contributed by atoms with van der Waals surface area (Å²) < 4.78 is 10.7. The highest BCUT2D eigenvalue weighted by atomic mass is 16.5. The molecule has 188 valence electrons. The first-order valence-electron chi connectivity index (χ1n) is 11.9. The van der Waals surface area contributed by atoms with Gasteiger partial charge in [-0.1, -0.05) is 48.5 Å². The molecule has 0 spiro atoms. The minimum atomic E-state index is -1.42. The van der Waals surface area contributed by atoms with E-state index < -0.39 is 29.6 Å². The van der Waals surface area contributed by atoms with Crippen LogP contribution in [0.15, 0.2) is 48.5 Å². The molecule has 0 saturated carbocycles. The van der Waals surface area contributed by atoms with E-state index in [2.05, 4.69) is 17.4 Å². The number of carboxylic acid groups (broad SMARTS) is 1. The molecule has 2 aromatic rings. The maximum absolute atomic E-state index is 13.3. The molecule has 0 saturated heterocycles. The van der Waals surface area contributed by atoms with Gasteiger partial charge in [0, 0.05) is 26.2 Å². The molecule has 1 aliphatic carbocycles. The predicted molar refractivity (Wildman–Crippen MR) is 132 cm³/mol. The van der Waals surface area contributed by atoms with Crippen molar-refractivity contribution in [2.75, 3.05) is 26.9 Å². The molecule has 3 rings (SSSR count). The van der Waals surface area contributed by atoms with Gasteiger partial charge in [0.05, 0.1) is 0 Å². The second kappa shape index (κ2) is 11.4. The van der Waals surface area contributed by atoms with Crippen LogP contribution in [0, 0.1) is 0 Å². The van der Waals surface area contributed by atoms with Crippen LogP contribution in [0.1, 0.15) is 50.7 Å². The van der Waals surface area contributed by atoms with Crippen LogP contribution in [-0.2, 0) is 19.1 Å². The quantitative estimate of drug-likeness (QED) is 0.469. The van der Waals surface area contributed by atoms with Gasteiger partial charge >= 0.3 is 12.1 Å². The summed E-state index contributed by atoms with van der Waals surface area (Å²) in [4.78, 5) is 39.1. The van der Waals surface area contributed by atoms with E-state index in [1.165, 1.54) is 18.7 Å². The highest BCUT2D eigenvalue weighted by Gasteiger charge is 2.40. The zero-order valence-electron chi connectivity index (χ0n) is 20.7. The molecule has 8 nitrogen and oxygen atoms in total. The van der Waals surface area contributed by atoms with Crippen LogP contribution < -0.4 is 5.32 Å². The summed E-state index contributed by atoms with van der Waals surface area (Å²) in [5, 5.41) is 12.3. The van der Waals surface area contributed by atoms with Gasteiger partial charge < -0.3 is 24.8 Å². The van der Waals surface area contributed by atoms with Crippen LogP contribution in [0.4, 0.5) is 4.79 Å². The molecule has 0 aromatic heterocycles. The van der Waals surface area contributed by atoms with Crippen molar-refractivity contribution in [3.05, 3.63) is 59.7 Å². The summed E-state index contributed by atoms with van der Waals surface area (Å²) in [6.07, 6.45) is 0.0943. The van der Waals surface area contributed by atoms with Crippen molar-refractivity contribution in [3.8, 4) is 11.1 Å². The van der Waals surface area contributed by atoms with Gasteiger partial charge in [-0.2, -0.15) is 0 Å². The van der Waals surface area contributed by atoms with Gasteiger partial charge in [0.25, 0.3) is 0 Å². The molecular weight excluding hydrogens is 448 g/mol. The number of ether oxygens (including phenoxy) is 2. The Balaban J connectivity index is 1.72. The first-order chi connectivity index (χ1) is 16.7. The third kappa shape index (κ3) is 5.65. The highest BCUT2D eigenvalue weighted by molar-refractivity contribution is 5.91. The molecule has 0 bridgehead atoms. The number of rotatable bonds is 11. The first-order valence-corrected chi connectivity index (χ1v) is 11.9. The second-order valence-electron chi connectivity index (χ2n) is 9.10. The number of nitrogens with one attached hydrogen (secondary N) is 1. The van der Waals surface area contributed by atoms with Crippen molar-refractivity contribution in [2.24, 2.45) is 0 Å². The number of carbonyl (C=O) groups is 3. The average Bonchev–Trinajstić information content (AvgIpc) is 3.16. The van der Waals surface area contributed by atoms with Crippen LogP contribution in [0.3, 0.4) is 0 Å². The van der Waals surface area contributed by atoms with Gasteiger partial charge in [-0.15, -0.1) is 0 Å². The van der Waals surface area contributed by atoms with Crippen molar-refractivity contribution in [2.45, 2.75) is 51.1 Å². The van der Waals surface area contributed by atoms with Gasteiger partial charge in [-0.25, -0.2) is 9.59 Å². The molecule has 1 aliphatic rings. The molecule has 0 fully saturated rings. The summed E-state index contributed by atoms with van der Waals surface area (Å²) in [6.45, 7) is 5.36. The lowest BCUT2D eigenvalue weighted by Crippen LogP contribution is -2.58. The summed E-state index contributed by atoms with van der Waals surface area (Å²) in [5.74, 6) is -1.69. The van der Waals surface area contributed by atoms with Crippen molar-refractivity contribution in [1.82, 2.24) is 10.2 Å². The molecule has 1 unspecified atom stereocenters. The molecule has 2 N–H and O–H groups in total. The summed E-state index contributed by atoms with van der Waals surface area (Å²) in [6, 6.07) is 15.2. The molecule has 0 aliphatic heterocycles. The maximum atomic E-state index is 13.3. The van der Waals surface area contributed by atoms with Crippen molar-refractivity contribution in [3.63, 3.8) is 0 Å². The van der Waals surface area contributed by atoms with Crippen LogP contribution in [0.2, 0.25) is 0 Å². The normalized spacial score (nSPS) is 13.5. The molecule has 35 heavy (non-hydrogen) atoms. The van der Waals surface area contributed by atoms with Gasteiger partial charge in [0.1, 0.15) is 18.2 Å². The molecule has 2 amide bonds. The van der Waals surface area contributed by atoms with E-state index in [1.807, 2.05) is 36.4 Å². The van der Waals surface area contributed by atoms with Crippen LogP contribution >= 0.6 is 0 Å². The number of nitrogens with zero attached hydrogens (tertiary/aromatic N) is 1. The monoisotopic (exact) mass is 482 g/mol. The lowest BCUT2D eigenvalue weighted by molar-refractivity contribution is -0.157. The van der Waals surface area contributed by atoms with Gasteiger partial charge in [-0.05, 0) is 55.9 Å². The number of hydrogen-bond acceptors (Lipinski definition) is 5. The Morgan fingerprint density at radius 1 is 1.06 bits per heavy atom. The Morgan fingerprint density at radius 2 is 1.63 bits per heavy atom. The molecule has 8 heteroatoms. The standard InChI is InChI=1S/C27H34N2O6/c1-5-29(27(2,3)25(31)32)24(30)23(15-10-16-34-4)28-26(33)35-17-22-20-13-8-6-11-18(20)19-12-7-9-14-21(19)22/h6-9,11-14,22-23H,5,10,15-17H2,1-4H3,(H,28,33)(H,31,32). The number of methoxy groups -OCH3 is 1. The number of benzene rings is 2. The zero-order valence-corrected chi connectivity index (χ0v) is 20.7. The number of carboxylic acids is 1. The number of amides is 2. The first kappa shape index (κ1) is 26.2. The third-order valence-corrected chi connectivity index (χ3v) is 6.56. The minimum absolute atomic E-state index is 0.103. The molecule has 0 heterocycles. The van der Waals surface area contributed by atoms with Gasteiger partial charge in [-0.3, -0.25) is 4.79 Å². The third-order valence-electron chi connectivity index (χ3n) is 6.56. The maximum Gasteiger partial charge on any atom is 0.407 e. The van der Waals surface area contributed by atoms with E-state index in [1.54, 1.807) is 14.0 Å². The Labute approximate surface area is 206 Å². The van der Waals surface area contributed by atoms with E-state index in [0.717, 1.165) is 22.3 Å². The fourth-order valence-electron chi connectivity index (χ4n) is 4.60. The number of carbonyl (C=O) groups excluding carboxylic acids is 2. The van der Waals surface area contributed by atoms with E-state index in [9.17, 15) is 19.5 Å². The minimum Gasteiger partial charge on any atom is -0.480 e. The molecule has 0 radical (unpaired) electrons. The van der Waals surface area contributed by atoms with Crippen molar-refractivity contribution < 1.29 is 29.0 Å². The topological polar surface area (TPSA) is 105 Å². The Kier molecular flexibility index (Phi) is 8.51. The zero-order chi connectivity index (χ0) is 25.6. The SMILES string of the molecule is CCN(C(=O)C(CCCOC)NC(=O)OCC1c2ccccc2-c2ccccc21)C(C)(C)C(=O)O. The predicted octanol–water partition coefficient (Wildman–Crippen LogP) is 4.03. The number of likely N-dealkylation sites (N-methyl/N-ethyl adjacent to an activating group) is 1. The van der Waals surface area contributed by atoms with Crippen molar-refractivity contribution in [1.29, 1.82) is 0 Å². The number of alkyl carbamates (subject to hydrolysis) is 1. The highest BCUT2D eigenvalue weighted by Crippen LogP contribution is 2.44. The number of fused-ring (bicyclic) bond motifs is 3. The van der Waals surface area contributed by atoms with Gasteiger partial charge in [0.15, 0.2) is 0 Å². The lowest BCUT2D eigenvalue weighted by atomic mass is 9.98. The summed E-state index contributed by atoms with van der Waals surface area (Å²) >= 11 is 0. The Hall–Kier alpha value is -3.39.